The van der Waals surface area contributed by atoms with E-state index >= 15 is 0 Å². The van der Waals surface area contributed by atoms with Crippen molar-refractivity contribution in [2.45, 2.75) is 64.6 Å². The predicted octanol–water partition coefficient (Wildman–Crippen LogP) is 7.91. The summed E-state index contributed by atoms with van der Waals surface area (Å²) < 4.78 is 43.4. The third-order valence-corrected chi connectivity index (χ3v) is 10.3. The van der Waals surface area contributed by atoms with Crippen LogP contribution in [0.15, 0.2) is 48.9 Å². The summed E-state index contributed by atoms with van der Waals surface area (Å²) in [4.78, 5) is 14.2. The van der Waals surface area contributed by atoms with Gasteiger partial charge in [-0.25, -0.2) is 18.7 Å². The van der Waals surface area contributed by atoms with Crippen molar-refractivity contribution in [3.8, 4) is 22.8 Å². The second-order valence-corrected chi connectivity index (χ2v) is 19.0. The van der Waals surface area contributed by atoms with E-state index in [9.17, 15) is 8.78 Å². The highest BCUT2D eigenvalue weighted by Crippen LogP contribution is 2.43. The second kappa shape index (κ2) is 11.3. The first-order valence-corrected chi connectivity index (χ1v) is 18.8. The van der Waals surface area contributed by atoms with E-state index < -0.39 is 14.0 Å². The highest BCUT2D eigenvalue weighted by molar-refractivity contribution is 14.1. The molecular formula is C30H33F2IN6O2Si. The Bertz CT molecular complexity index is 1760. The Morgan fingerprint density at radius 3 is 2.64 bits per heavy atom. The molecule has 0 N–H and O–H groups in total. The Morgan fingerprint density at radius 2 is 1.88 bits per heavy atom. The zero-order valence-corrected chi connectivity index (χ0v) is 27.2. The Balaban J connectivity index is 1.18. The van der Waals surface area contributed by atoms with E-state index in [4.69, 9.17) is 19.4 Å². The number of halogens is 3. The van der Waals surface area contributed by atoms with E-state index in [0.29, 0.717) is 36.0 Å². The lowest BCUT2D eigenvalue weighted by atomic mass is 9.81. The van der Waals surface area contributed by atoms with Crippen LogP contribution in [0.5, 0.6) is 11.5 Å². The van der Waals surface area contributed by atoms with Gasteiger partial charge in [0.1, 0.15) is 29.6 Å². The molecule has 220 valence electrons. The number of aromatic nitrogens is 6. The van der Waals surface area contributed by atoms with Crippen LogP contribution in [0.25, 0.3) is 33.3 Å². The van der Waals surface area contributed by atoms with Crippen molar-refractivity contribution in [3.05, 3.63) is 58.3 Å². The SMILES string of the molecule is Cc1nc2cc(Oc3ccc4ncc(-c5cnn(CC6CC(F)(F)C6)c5)nc4c3I)ccc2n1COCC[Si](C)(C)C. The number of rotatable bonds is 10. The zero-order valence-electron chi connectivity index (χ0n) is 24.1. The molecule has 6 rings (SSSR count). The smallest absolute Gasteiger partial charge is 0.248 e. The third-order valence-electron chi connectivity index (χ3n) is 7.52. The first kappa shape index (κ1) is 29.1. The topological polar surface area (TPSA) is 79.9 Å². The van der Waals surface area contributed by atoms with Crippen molar-refractivity contribution >= 4 is 52.7 Å². The van der Waals surface area contributed by atoms with Crippen LogP contribution in [0.4, 0.5) is 8.78 Å². The summed E-state index contributed by atoms with van der Waals surface area (Å²) in [6.07, 6.45) is 5.08. The third kappa shape index (κ3) is 6.35. The van der Waals surface area contributed by atoms with Crippen LogP contribution in [0.1, 0.15) is 18.7 Å². The lowest BCUT2D eigenvalue weighted by Gasteiger charge is -2.34. The fourth-order valence-corrected chi connectivity index (χ4v) is 6.58. The van der Waals surface area contributed by atoms with Gasteiger partial charge in [0, 0.05) is 51.9 Å². The number of fused-ring (bicyclic) bond motifs is 2. The Kier molecular flexibility index (Phi) is 7.81. The molecule has 2 aromatic carbocycles. The van der Waals surface area contributed by atoms with Gasteiger partial charge in [0.05, 0.1) is 38.2 Å². The number of ether oxygens (including phenoxy) is 2. The van der Waals surface area contributed by atoms with Crippen LogP contribution >= 0.6 is 22.6 Å². The zero-order chi connectivity index (χ0) is 29.6. The molecule has 0 saturated heterocycles. The van der Waals surface area contributed by atoms with E-state index in [2.05, 4.69) is 56.9 Å². The van der Waals surface area contributed by atoms with E-state index in [-0.39, 0.29) is 18.8 Å². The summed E-state index contributed by atoms with van der Waals surface area (Å²) in [5.41, 5.74) is 4.77. The summed E-state index contributed by atoms with van der Waals surface area (Å²) in [7, 11) is -1.14. The number of hydrogen-bond donors (Lipinski definition) is 0. The number of hydrogen-bond acceptors (Lipinski definition) is 6. The first-order valence-electron chi connectivity index (χ1n) is 14.0. The van der Waals surface area contributed by atoms with Crippen molar-refractivity contribution in [2.24, 2.45) is 5.92 Å². The molecule has 5 aromatic rings. The first-order chi connectivity index (χ1) is 19.9. The molecule has 1 aliphatic carbocycles. The van der Waals surface area contributed by atoms with E-state index in [1.165, 1.54) is 0 Å². The van der Waals surface area contributed by atoms with Crippen LogP contribution in [0.2, 0.25) is 25.7 Å². The lowest BCUT2D eigenvalue weighted by molar-refractivity contribution is -0.114. The summed E-state index contributed by atoms with van der Waals surface area (Å²) in [6.45, 7) is 10.7. The average molecular weight is 703 g/mol. The summed E-state index contributed by atoms with van der Waals surface area (Å²) in [5.74, 6) is -0.347. The Labute approximate surface area is 257 Å². The van der Waals surface area contributed by atoms with Gasteiger partial charge in [0.25, 0.3) is 0 Å². The molecule has 42 heavy (non-hydrogen) atoms. The molecule has 0 aliphatic heterocycles. The van der Waals surface area contributed by atoms with Crippen LogP contribution in [0, 0.1) is 16.4 Å². The molecule has 0 amide bonds. The van der Waals surface area contributed by atoms with Gasteiger partial charge < -0.3 is 14.0 Å². The molecule has 12 heteroatoms. The maximum absolute atomic E-state index is 13.2. The molecular weight excluding hydrogens is 669 g/mol. The van der Waals surface area contributed by atoms with Gasteiger partial charge in [-0.2, -0.15) is 5.10 Å². The van der Waals surface area contributed by atoms with Crippen molar-refractivity contribution in [2.75, 3.05) is 6.61 Å². The number of alkyl halides is 2. The molecule has 1 saturated carbocycles. The van der Waals surface area contributed by atoms with Crippen molar-refractivity contribution in [1.82, 2.24) is 29.3 Å². The standard InChI is InChI=1S/C30H33F2IN6O2Si/c1-19-36-24-11-22(5-7-26(24)39(19)18-40-9-10-42(2,3)4)41-27-8-6-23-29(28(27)33)37-25(15-34-23)21-14-35-38(17-21)16-20-12-30(31,32)13-20/h5-8,11,14-15,17,20H,9-10,12-13,16,18H2,1-4H3. The summed E-state index contributed by atoms with van der Waals surface area (Å²) in [6, 6.07) is 10.8. The predicted molar refractivity (Wildman–Crippen MR) is 170 cm³/mol. The Hall–Kier alpha value is -2.97. The highest BCUT2D eigenvalue weighted by atomic mass is 127. The monoisotopic (exact) mass is 702 g/mol. The van der Waals surface area contributed by atoms with Crippen molar-refractivity contribution < 1.29 is 18.3 Å². The molecule has 0 radical (unpaired) electrons. The molecule has 3 heterocycles. The average Bonchev–Trinajstić information content (AvgIpc) is 3.50. The van der Waals surface area contributed by atoms with Gasteiger partial charge in [-0.1, -0.05) is 19.6 Å². The Morgan fingerprint density at radius 1 is 1.07 bits per heavy atom. The van der Waals surface area contributed by atoms with Crippen LogP contribution in [-0.4, -0.2) is 49.9 Å². The minimum absolute atomic E-state index is 0.0545. The second-order valence-electron chi connectivity index (χ2n) is 12.3. The molecule has 0 atom stereocenters. The lowest BCUT2D eigenvalue weighted by Crippen LogP contribution is -2.37. The fraction of sp³-hybridized carbons (Fsp3) is 0.400. The molecule has 0 spiro atoms. The van der Waals surface area contributed by atoms with Gasteiger partial charge in [-0.15, -0.1) is 0 Å². The molecule has 0 unspecified atom stereocenters. The highest BCUT2D eigenvalue weighted by Gasteiger charge is 2.45. The number of aryl methyl sites for hydroxylation is 1. The maximum atomic E-state index is 13.2. The van der Waals surface area contributed by atoms with Gasteiger partial charge in [0.2, 0.25) is 5.92 Å². The number of nitrogens with zero attached hydrogens (tertiary/aromatic N) is 6. The maximum Gasteiger partial charge on any atom is 0.248 e. The molecule has 8 nitrogen and oxygen atoms in total. The fourth-order valence-electron chi connectivity index (χ4n) is 5.14. The van der Waals surface area contributed by atoms with E-state index in [0.717, 1.165) is 44.2 Å². The normalized spacial score (nSPS) is 15.4. The minimum Gasteiger partial charge on any atom is -0.456 e. The van der Waals surface area contributed by atoms with Gasteiger partial charge in [-0.05, 0) is 65.7 Å². The van der Waals surface area contributed by atoms with Crippen molar-refractivity contribution in [3.63, 3.8) is 0 Å². The minimum atomic E-state index is -2.53. The van der Waals surface area contributed by atoms with Crippen molar-refractivity contribution in [1.29, 1.82) is 0 Å². The molecule has 3 aromatic heterocycles. The van der Waals surface area contributed by atoms with Gasteiger partial charge >= 0.3 is 0 Å². The van der Waals surface area contributed by atoms with E-state index in [1.54, 1.807) is 17.1 Å². The largest absolute Gasteiger partial charge is 0.456 e. The molecule has 0 bridgehead atoms. The van der Waals surface area contributed by atoms with Crippen LogP contribution < -0.4 is 4.74 Å². The number of imidazole rings is 1. The van der Waals surface area contributed by atoms with Crippen LogP contribution in [-0.2, 0) is 18.0 Å². The number of benzene rings is 2. The van der Waals surface area contributed by atoms with Crippen LogP contribution in [0.3, 0.4) is 0 Å². The van der Waals surface area contributed by atoms with Gasteiger partial charge in [0.15, 0.2) is 0 Å². The molecule has 1 aliphatic rings. The summed E-state index contributed by atoms with van der Waals surface area (Å²) >= 11 is 2.24. The molecule has 1 fully saturated rings. The quantitative estimate of drug-likeness (QED) is 0.0837. The van der Waals surface area contributed by atoms with Gasteiger partial charge in [-0.3, -0.25) is 9.67 Å². The summed E-state index contributed by atoms with van der Waals surface area (Å²) in [5, 5.41) is 4.36. The van der Waals surface area contributed by atoms with E-state index in [1.807, 2.05) is 43.5 Å².